The van der Waals surface area contributed by atoms with E-state index in [1.54, 1.807) is 32.0 Å². The van der Waals surface area contributed by atoms with Gasteiger partial charge in [0, 0.05) is 12.6 Å². The third kappa shape index (κ3) is 4.76. The largest absolute Gasteiger partial charge is 0.391 e. The van der Waals surface area contributed by atoms with Crippen molar-refractivity contribution in [2.24, 2.45) is 5.92 Å². The van der Waals surface area contributed by atoms with Gasteiger partial charge < -0.3 is 5.32 Å². The third-order valence-electron chi connectivity index (χ3n) is 5.03. The van der Waals surface area contributed by atoms with Crippen LogP contribution >= 0.6 is 0 Å². The topological polar surface area (TPSA) is 46.2 Å². The van der Waals surface area contributed by atoms with Crippen molar-refractivity contribution in [2.45, 2.75) is 68.3 Å². The van der Waals surface area contributed by atoms with Crippen LogP contribution in [0.4, 0.5) is 13.2 Å². The van der Waals surface area contributed by atoms with Gasteiger partial charge in [-0.1, -0.05) is 12.1 Å². The smallest absolute Gasteiger partial charge is 0.312 e. The highest BCUT2D eigenvalue weighted by atomic mass is 32.2. The zero-order chi connectivity index (χ0) is 18.9. The Kier molecular flexibility index (Phi) is 5.88. The summed E-state index contributed by atoms with van der Waals surface area (Å²) in [6.07, 6.45) is -3.08. The third-order valence-corrected chi connectivity index (χ3v) is 7.51. The monoisotopic (exact) mass is 377 g/mol. The zero-order valence-corrected chi connectivity index (χ0v) is 15.7. The highest BCUT2D eigenvalue weighted by Crippen LogP contribution is 2.37. The van der Waals surface area contributed by atoms with Crippen molar-refractivity contribution in [3.8, 4) is 0 Å². The maximum absolute atomic E-state index is 12.9. The van der Waals surface area contributed by atoms with E-state index in [9.17, 15) is 21.6 Å². The number of rotatable bonds is 5. The highest BCUT2D eigenvalue weighted by molar-refractivity contribution is 7.92. The predicted octanol–water partition coefficient (Wildman–Crippen LogP) is 4.26. The molecule has 0 spiro atoms. The molecule has 3 nitrogen and oxygen atoms in total. The van der Waals surface area contributed by atoms with Crippen molar-refractivity contribution in [3.05, 3.63) is 29.8 Å². The van der Waals surface area contributed by atoms with Crippen LogP contribution in [0.15, 0.2) is 29.2 Å². The Hall–Kier alpha value is -1.08. The van der Waals surface area contributed by atoms with Crippen LogP contribution in [0.3, 0.4) is 0 Å². The molecular weight excluding hydrogens is 351 g/mol. The quantitative estimate of drug-likeness (QED) is 0.834. The predicted molar refractivity (Wildman–Crippen MR) is 92.2 cm³/mol. The molecule has 1 aromatic carbocycles. The first-order valence-corrected chi connectivity index (χ1v) is 10.0. The molecule has 7 heteroatoms. The summed E-state index contributed by atoms with van der Waals surface area (Å²) in [5.74, 6) is -1.23. The fourth-order valence-corrected chi connectivity index (χ4v) is 4.72. The molecule has 0 radical (unpaired) electrons. The van der Waals surface area contributed by atoms with E-state index in [2.05, 4.69) is 5.32 Å². The van der Waals surface area contributed by atoms with Gasteiger partial charge in [-0.2, -0.15) is 13.2 Å². The molecule has 0 atom stereocenters. The van der Waals surface area contributed by atoms with Crippen LogP contribution in [-0.2, 0) is 9.84 Å². The van der Waals surface area contributed by atoms with Crippen LogP contribution in [0.5, 0.6) is 0 Å². The van der Waals surface area contributed by atoms with Crippen molar-refractivity contribution in [1.82, 2.24) is 5.32 Å². The summed E-state index contributed by atoms with van der Waals surface area (Å²) < 4.78 is 62.9. The van der Waals surface area contributed by atoms with Crippen LogP contribution in [0.1, 0.15) is 45.1 Å². The molecule has 1 saturated carbocycles. The van der Waals surface area contributed by atoms with E-state index in [4.69, 9.17) is 0 Å². The average Bonchev–Trinajstić information content (AvgIpc) is 2.52. The van der Waals surface area contributed by atoms with Crippen LogP contribution in [0.25, 0.3) is 0 Å². The number of benzene rings is 1. The molecule has 1 aliphatic rings. The van der Waals surface area contributed by atoms with Crippen LogP contribution < -0.4 is 5.32 Å². The molecule has 1 fully saturated rings. The normalized spacial score (nSPS) is 22.8. The van der Waals surface area contributed by atoms with Crippen LogP contribution in [0.2, 0.25) is 0 Å². The molecule has 0 bridgehead atoms. The summed E-state index contributed by atoms with van der Waals surface area (Å²) in [4.78, 5) is 0.278. The second-order valence-electron chi connectivity index (χ2n) is 7.55. The molecule has 142 valence electrons. The highest BCUT2D eigenvalue weighted by Gasteiger charge is 2.42. The van der Waals surface area contributed by atoms with Crippen LogP contribution in [0, 0.1) is 12.8 Å². The molecule has 1 N–H and O–H groups in total. The molecule has 1 aliphatic carbocycles. The van der Waals surface area contributed by atoms with Gasteiger partial charge in [-0.15, -0.1) is 0 Å². The van der Waals surface area contributed by atoms with E-state index < -0.39 is 26.7 Å². The van der Waals surface area contributed by atoms with E-state index in [-0.39, 0.29) is 30.3 Å². The molecule has 0 saturated heterocycles. The lowest BCUT2D eigenvalue weighted by Crippen LogP contribution is -2.47. The molecule has 0 aromatic heterocycles. The van der Waals surface area contributed by atoms with E-state index in [0.29, 0.717) is 12.8 Å². The lowest BCUT2D eigenvalue weighted by atomic mass is 9.85. The molecule has 0 heterocycles. The van der Waals surface area contributed by atoms with Crippen molar-refractivity contribution in [2.75, 3.05) is 6.54 Å². The number of alkyl halides is 3. The maximum atomic E-state index is 12.9. The van der Waals surface area contributed by atoms with Gasteiger partial charge in [0.1, 0.15) is 0 Å². The summed E-state index contributed by atoms with van der Waals surface area (Å²) in [5.41, 5.74) is 0.871. The average molecular weight is 377 g/mol. The minimum atomic E-state index is -4.13. The van der Waals surface area contributed by atoms with E-state index in [0.717, 1.165) is 5.56 Å². The fourth-order valence-electron chi connectivity index (χ4n) is 3.21. The van der Waals surface area contributed by atoms with E-state index in [1.165, 1.54) is 0 Å². The first-order valence-electron chi connectivity index (χ1n) is 8.55. The summed E-state index contributed by atoms with van der Waals surface area (Å²) >= 11 is 0. The van der Waals surface area contributed by atoms with E-state index in [1.807, 2.05) is 13.0 Å². The van der Waals surface area contributed by atoms with Gasteiger partial charge in [0.2, 0.25) is 0 Å². The number of aryl methyl sites for hydroxylation is 1. The Morgan fingerprint density at radius 1 is 1.12 bits per heavy atom. The molecule has 25 heavy (non-hydrogen) atoms. The Morgan fingerprint density at radius 3 is 2.24 bits per heavy atom. The minimum Gasteiger partial charge on any atom is -0.312 e. The SMILES string of the molecule is Cc1cccc(S(=O)(=O)C(C)(C)CN[C@H]2CC[C@@H](C(F)(F)F)CC2)c1. The second kappa shape index (κ2) is 7.27. The molecule has 0 aliphatic heterocycles. The van der Waals surface area contributed by atoms with Gasteiger partial charge in [-0.05, 0) is 64.2 Å². The minimum absolute atomic E-state index is 0.0643. The molecule has 0 unspecified atom stereocenters. The summed E-state index contributed by atoms with van der Waals surface area (Å²) in [5, 5.41) is 3.18. The lowest BCUT2D eigenvalue weighted by Gasteiger charge is -2.33. The van der Waals surface area contributed by atoms with Gasteiger partial charge in [-0.3, -0.25) is 0 Å². The summed E-state index contributed by atoms with van der Waals surface area (Å²) in [6, 6.07) is 6.71. The van der Waals surface area contributed by atoms with Crippen molar-refractivity contribution in [3.63, 3.8) is 0 Å². The van der Waals surface area contributed by atoms with Gasteiger partial charge >= 0.3 is 6.18 Å². The fraction of sp³-hybridized carbons (Fsp3) is 0.667. The molecule has 1 aromatic rings. The first-order chi connectivity index (χ1) is 11.4. The second-order valence-corrected chi connectivity index (χ2v) is 10.1. The lowest BCUT2D eigenvalue weighted by molar-refractivity contribution is -0.182. The summed E-state index contributed by atoms with van der Waals surface area (Å²) in [7, 11) is -3.54. The Morgan fingerprint density at radius 2 is 1.72 bits per heavy atom. The number of nitrogens with one attached hydrogen (secondary N) is 1. The van der Waals surface area contributed by atoms with Crippen LogP contribution in [-0.4, -0.2) is 31.9 Å². The van der Waals surface area contributed by atoms with Gasteiger partial charge in [0.05, 0.1) is 15.6 Å². The van der Waals surface area contributed by atoms with Crippen molar-refractivity contribution in [1.29, 1.82) is 0 Å². The molecule has 2 rings (SSSR count). The van der Waals surface area contributed by atoms with Gasteiger partial charge in [0.15, 0.2) is 9.84 Å². The van der Waals surface area contributed by atoms with Crippen molar-refractivity contribution >= 4 is 9.84 Å². The van der Waals surface area contributed by atoms with Gasteiger partial charge in [-0.25, -0.2) is 8.42 Å². The number of halogens is 3. The number of sulfone groups is 1. The van der Waals surface area contributed by atoms with Crippen molar-refractivity contribution < 1.29 is 21.6 Å². The zero-order valence-electron chi connectivity index (χ0n) is 14.9. The Labute approximate surface area is 147 Å². The number of hydrogen-bond donors (Lipinski definition) is 1. The standard InChI is InChI=1S/C18H26F3NO2S/c1-13-5-4-6-16(11-13)25(23,24)17(2,3)12-22-15-9-7-14(8-10-15)18(19,20)21/h4-6,11,14-15,22H,7-10,12H2,1-3H3/t14-,15+. The summed E-state index contributed by atoms with van der Waals surface area (Å²) in [6.45, 7) is 5.35. The van der Waals surface area contributed by atoms with E-state index >= 15 is 0 Å². The number of hydrogen-bond acceptors (Lipinski definition) is 3. The molecular formula is C18H26F3NO2S. The molecule has 0 amide bonds. The Bertz CT molecular complexity index is 691. The Balaban J connectivity index is 1.98. The van der Waals surface area contributed by atoms with Gasteiger partial charge in [0.25, 0.3) is 0 Å². The first kappa shape index (κ1) is 20.2. The maximum Gasteiger partial charge on any atom is 0.391 e.